The largest absolute Gasteiger partial charge is 0.369 e. The van der Waals surface area contributed by atoms with Gasteiger partial charge in [-0.05, 0) is 63.1 Å². The van der Waals surface area contributed by atoms with Crippen molar-refractivity contribution in [2.24, 2.45) is 0 Å². The highest BCUT2D eigenvalue weighted by Crippen LogP contribution is 2.25. The Morgan fingerprint density at radius 3 is 2.44 bits per heavy atom. The van der Waals surface area contributed by atoms with Gasteiger partial charge in [0.25, 0.3) is 0 Å². The highest BCUT2D eigenvalue weighted by Gasteiger charge is 2.20. The summed E-state index contributed by atoms with van der Waals surface area (Å²) in [5.41, 5.74) is 0.640. The second-order valence-electron chi connectivity index (χ2n) is 8.92. The number of hydrogen-bond acceptors (Lipinski definition) is 7. The van der Waals surface area contributed by atoms with Crippen LogP contribution in [0.4, 0.5) is 27.7 Å². The van der Waals surface area contributed by atoms with Crippen molar-refractivity contribution in [3.05, 3.63) is 36.1 Å². The van der Waals surface area contributed by atoms with E-state index in [4.69, 9.17) is 22.2 Å². The first-order valence-corrected chi connectivity index (χ1v) is 12.6. The van der Waals surface area contributed by atoms with Crippen LogP contribution in [0, 0.1) is 5.82 Å². The quantitative estimate of drug-likeness (QED) is 0.439. The number of nitrogens with one attached hydrogen (secondary N) is 3. The lowest BCUT2D eigenvalue weighted by atomic mass is 10.3. The number of rotatable bonds is 10. The van der Waals surface area contributed by atoms with Crippen molar-refractivity contribution in [3.63, 3.8) is 0 Å². The molecule has 3 N–H and O–H groups in total. The smallest absolute Gasteiger partial charge is 0.229 e. The zero-order valence-electron chi connectivity index (χ0n) is 19.9. The molecule has 0 amide bonds. The average Bonchev–Trinajstić information content (AvgIpc) is 3.54. The summed E-state index contributed by atoms with van der Waals surface area (Å²) in [6, 6.07) is 8.35. The summed E-state index contributed by atoms with van der Waals surface area (Å²) in [6.45, 7) is 7.40. The number of thiocarbonyl (C=S) groups is 1. The number of likely N-dealkylation sites (N-methyl/N-ethyl adjacent to an activating group) is 1. The minimum absolute atomic E-state index is 0.288. The topological polar surface area (TPSA) is 71.6 Å². The van der Waals surface area contributed by atoms with Crippen molar-refractivity contribution in [1.82, 2.24) is 20.2 Å². The van der Waals surface area contributed by atoms with E-state index in [1.165, 1.54) is 37.8 Å². The normalized spacial score (nSPS) is 15.7. The first-order chi connectivity index (χ1) is 16.6. The SMILES string of the molecule is CN(CCNC(=S)Nc1cccc(F)c1)CCNc1cc(N2CCCC2)nc(N2CCCC2)n1. The van der Waals surface area contributed by atoms with Crippen LogP contribution in [-0.4, -0.2) is 79.4 Å². The van der Waals surface area contributed by atoms with Crippen LogP contribution in [-0.2, 0) is 0 Å². The van der Waals surface area contributed by atoms with E-state index in [1.807, 2.05) is 0 Å². The Morgan fingerprint density at radius 1 is 1.00 bits per heavy atom. The van der Waals surface area contributed by atoms with Gasteiger partial charge in [-0.25, -0.2) is 4.39 Å². The van der Waals surface area contributed by atoms with Crippen LogP contribution in [0.5, 0.6) is 0 Å². The molecule has 0 atom stereocenters. The van der Waals surface area contributed by atoms with Crippen LogP contribution in [0.1, 0.15) is 25.7 Å². The van der Waals surface area contributed by atoms with Crippen molar-refractivity contribution in [2.45, 2.75) is 25.7 Å². The minimum atomic E-state index is -0.288. The molecule has 10 heteroatoms. The highest BCUT2D eigenvalue weighted by atomic mass is 32.1. The monoisotopic (exact) mass is 486 g/mol. The van der Waals surface area contributed by atoms with Crippen LogP contribution < -0.4 is 25.8 Å². The van der Waals surface area contributed by atoms with E-state index in [-0.39, 0.29) is 5.82 Å². The Kier molecular flexibility index (Phi) is 8.70. The molecule has 0 saturated carbocycles. The zero-order valence-corrected chi connectivity index (χ0v) is 20.7. The zero-order chi connectivity index (χ0) is 23.8. The number of hydrogen-bond donors (Lipinski definition) is 3. The molecular weight excluding hydrogens is 451 g/mol. The summed E-state index contributed by atoms with van der Waals surface area (Å²) in [5.74, 6) is 2.49. The van der Waals surface area contributed by atoms with Gasteiger partial charge in [-0.1, -0.05) is 6.07 Å². The molecule has 0 spiro atoms. The predicted octanol–water partition coefficient (Wildman–Crippen LogP) is 3.15. The van der Waals surface area contributed by atoms with Gasteiger partial charge < -0.3 is 30.7 Å². The van der Waals surface area contributed by atoms with Gasteiger partial charge in [0.05, 0.1) is 0 Å². The molecule has 0 aliphatic carbocycles. The fourth-order valence-electron chi connectivity index (χ4n) is 4.27. The molecule has 1 aromatic heterocycles. The Balaban J connectivity index is 1.22. The van der Waals surface area contributed by atoms with E-state index in [0.29, 0.717) is 17.3 Å². The number of nitrogens with zero attached hydrogens (tertiary/aromatic N) is 5. The van der Waals surface area contributed by atoms with Crippen LogP contribution in [0.15, 0.2) is 30.3 Å². The van der Waals surface area contributed by atoms with E-state index in [1.54, 1.807) is 12.1 Å². The van der Waals surface area contributed by atoms with Crippen molar-refractivity contribution < 1.29 is 4.39 Å². The van der Waals surface area contributed by atoms with Gasteiger partial charge >= 0.3 is 0 Å². The molecule has 2 aromatic rings. The Hall–Kier alpha value is -2.72. The van der Waals surface area contributed by atoms with Crippen LogP contribution in [0.25, 0.3) is 0 Å². The summed E-state index contributed by atoms with van der Waals surface area (Å²) in [7, 11) is 2.08. The number of aromatic nitrogens is 2. The molecule has 34 heavy (non-hydrogen) atoms. The summed E-state index contributed by atoms with van der Waals surface area (Å²) in [6.07, 6.45) is 4.87. The first-order valence-electron chi connectivity index (χ1n) is 12.2. The fraction of sp³-hybridized carbons (Fsp3) is 0.542. The van der Waals surface area contributed by atoms with Gasteiger partial charge in [-0.15, -0.1) is 0 Å². The van der Waals surface area contributed by atoms with E-state index >= 15 is 0 Å². The molecule has 2 aliphatic heterocycles. The Labute approximate surface area is 206 Å². The standard InChI is InChI=1S/C24H35FN8S/c1-31(16-10-27-24(34)28-20-8-6-7-19(25)17-20)15-9-26-21-18-22(32-11-2-3-12-32)30-23(29-21)33-13-4-5-14-33/h6-8,17-18H,2-5,9-16H2,1H3,(H,26,29,30)(H2,27,28,34). The third-order valence-corrected chi connectivity index (χ3v) is 6.43. The fourth-order valence-corrected chi connectivity index (χ4v) is 4.49. The second-order valence-corrected chi connectivity index (χ2v) is 9.33. The Morgan fingerprint density at radius 2 is 1.71 bits per heavy atom. The van der Waals surface area contributed by atoms with E-state index in [2.05, 4.69) is 43.8 Å². The second kappa shape index (κ2) is 12.1. The highest BCUT2D eigenvalue weighted by molar-refractivity contribution is 7.80. The summed E-state index contributed by atoms with van der Waals surface area (Å²) in [5, 5.41) is 10.2. The van der Waals surface area contributed by atoms with Gasteiger partial charge in [-0.3, -0.25) is 0 Å². The molecule has 3 heterocycles. The molecule has 0 bridgehead atoms. The molecule has 2 aliphatic rings. The molecule has 8 nitrogen and oxygen atoms in total. The third-order valence-electron chi connectivity index (χ3n) is 6.18. The summed E-state index contributed by atoms with van der Waals surface area (Å²) >= 11 is 5.30. The molecule has 0 unspecified atom stereocenters. The van der Waals surface area contributed by atoms with Crippen molar-refractivity contribution in [2.75, 3.05) is 79.8 Å². The number of anilines is 4. The lowest BCUT2D eigenvalue weighted by Gasteiger charge is -2.22. The molecule has 2 fully saturated rings. The van der Waals surface area contributed by atoms with Gasteiger partial charge in [-0.2, -0.15) is 9.97 Å². The van der Waals surface area contributed by atoms with Crippen LogP contribution in [0.2, 0.25) is 0 Å². The summed E-state index contributed by atoms with van der Waals surface area (Å²) < 4.78 is 13.3. The average molecular weight is 487 g/mol. The molecule has 1 aromatic carbocycles. The first kappa shape index (κ1) is 24.4. The molecule has 4 rings (SSSR count). The molecular formula is C24H35FN8S. The van der Waals surface area contributed by atoms with E-state index in [0.717, 1.165) is 63.4 Å². The molecule has 2 saturated heterocycles. The predicted molar refractivity (Wildman–Crippen MR) is 142 cm³/mol. The summed E-state index contributed by atoms with van der Waals surface area (Å²) in [4.78, 5) is 16.6. The Bertz CT molecular complexity index is 912. The van der Waals surface area contributed by atoms with Crippen molar-refractivity contribution in [1.29, 1.82) is 0 Å². The van der Waals surface area contributed by atoms with Crippen LogP contribution >= 0.6 is 12.2 Å². The lowest BCUT2D eigenvalue weighted by molar-refractivity contribution is 0.352. The number of benzene rings is 1. The minimum Gasteiger partial charge on any atom is -0.369 e. The molecule has 184 valence electrons. The third kappa shape index (κ3) is 7.14. The maximum atomic E-state index is 13.3. The maximum absolute atomic E-state index is 13.3. The van der Waals surface area contributed by atoms with Gasteiger partial charge in [0, 0.05) is 64.1 Å². The molecule has 0 radical (unpaired) electrons. The van der Waals surface area contributed by atoms with Gasteiger partial charge in [0.2, 0.25) is 5.95 Å². The van der Waals surface area contributed by atoms with Gasteiger partial charge in [0.15, 0.2) is 5.11 Å². The van der Waals surface area contributed by atoms with E-state index in [9.17, 15) is 4.39 Å². The van der Waals surface area contributed by atoms with E-state index < -0.39 is 0 Å². The van der Waals surface area contributed by atoms with Crippen molar-refractivity contribution in [3.8, 4) is 0 Å². The number of halogens is 1. The lowest BCUT2D eigenvalue weighted by Crippen LogP contribution is -2.36. The van der Waals surface area contributed by atoms with Crippen LogP contribution in [0.3, 0.4) is 0 Å². The maximum Gasteiger partial charge on any atom is 0.229 e. The van der Waals surface area contributed by atoms with Crippen molar-refractivity contribution >= 4 is 40.6 Å². The van der Waals surface area contributed by atoms with Gasteiger partial charge in [0.1, 0.15) is 17.5 Å².